The second-order valence-corrected chi connectivity index (χ2v) is 16.1. The number of fused-ring (bicyclic) bond motifs is 5. The molecule has 0 amide bonds. The number of ether oxygens (including phenoxy) is 1. The van der Waals surface area contributed by atoms with Crippen LogP contribution in [0, 0.1) is 51.2 Å². The molecule has 1 aromatic rings. The number of carbonyl (C=O) groups is 2. The van der Waals surface area contributed by atoms with Crippen molar-refractivity contribution in [1.82, 2.24) is 0 Å². The lowest BCUT2D eigenvalue weighted by Crippen LogP contribution is -2.60. The number of hydrogen-bond donors (Lipinski definition) is 0. The number of carbonyl (C=O) groups excluding carboxylic acids is 2. The first-order chi connectivity index (χ1) is 19.7. The molecule has 3 fully saturated rings. The van der Waals surface area contributed by atoms with Crippen LogP contribution in [0.15, 0.2) is 42.5 Å². The number of methoxy groups -OCH3 is 1. The predicted molar refractivity (Wildman–Crippen MR) is 173 cm³/mol. The smallest absolute Gasteiger partial charge is 0.337 e. The van der Waals surface area contributed by atoms with Gasteiger partial charge in [-0.25, -0.2) is 4.79 Å². The number of hydrogen-bond acceptors (Lipinski definition) is 3. The Morgan fingerprint density at radius 2 is 1.55 bits per heavy atom. The van der Waals surface area contributed by atoms with Crippen molar-refractivity contribution in [2.45, 2.75) is 106 Å². The van der Waals surface area contributed by atoms with E-state index in [1.165, 1.54) is 49.5 Å². The van der Waals surface area contributed by atoms with Crippen LogP contribution < -0.4 is 0 Å². The second-order valence-electron chi connectivity index (χ2n) is 15.7. The van der Waals surface area contributed by atoms with Gasteiger partial charge in [-0.2, -0.15) is 0 Å². The summed E-state index contributed by atoms with van der Waals surface area (Å²) in [5.74, 6) is 2.17. The van der Waals surface area contributed by atoms with Crippen LogP contribution >= 0.6 is 11.6 Å². The molecule has 0 aromatic heterocycles. The van der Waals surface area contributed by atoms with E-state index < -0.39 is 0 Å². The average Bonchev–Trinajstić information content (AvgIpc) is 3.35. The van der Waals surface area contributed by atoms with Gasteiger partial charge in [-0.1, -0.05) is 71.4 Å². The Morgan fingerprint density at radius 1 is 0.905 bits per heavy atom. The predicted octanol–water partition coefficient (Wildman–Crippen LogP) is 10.3. The molecule has 230 valence electrons. The van der Waals surface area contributed by atoms with E-state index in [1.54, 1.807) is 0 Å². The van der Waals surface area contributed by atoms with Gasteiger partial charge < -0.3 is 4.74 Å². The summed E-state index contributed by atoms with van der Waals surface area (Å²) in [6.07, 6.45) is 13.5. The maximum atomic E-state index is 13.1. The standard InChI is InChI=1S/C38H53ClO3/c1-24(2)28-18-21-38(34(39)41)23-22-37(7)31(32(28)38)17-16-29-25(3)10-15-30(35(4,5)19-9-20-36(29,37)6)26-11-13-27(14-12-26)33(40)42-8/h11-15,25,28-29,31-32H,1,9-10,16-23H2,2-8H3. The highest BCUT2D eigenvalue weighted by Crippen LogP contribution is 2.73. The van der Waals surface area contributed by atoms with Crippen molar-refractivity contribution >= 4 is 28.4 Å². The lowest BCUT2D eigenvalue weighted by Gasteiger charge is -2.66. The van der Waals surface area contributed by atoms with Crippen LogP contribution in [0.2, 0.25) is 0 Å². The molecule has 8 unspecified atom stereocenters. The third kappa shape index (κ3) is 4.85. The highest BCUT2D eigenvalue weighted by Gasteiger charge is 2.67. The number of halogens is 1. The van der Waals surface area contributed by atoms with Crippen LogP contribution in [0.4, 0.5) is 0 Å². The number of rotatable bonds is 4. The maximum absolute atomic E-state index is 13.1. The molecule has 0 N–H and O–H groups in total. The third-order valence-corrected chi connectivity index (χ3v) is 13.9. The van der Waals surface area contributed by atoms with E-state index in [9.17, 15) is 9.59 Å². The Kier molecular flexibility index (Phi) is 8.45. The first kappa shape index (κ1) is 31.6. The zero-order valence-corrected chi connectivity index (χ0v) is 27.9. The van der Waals surface area contributed by atoms with Crippen LogP contribution in [0.1, 0.15) is 122 Å². The molecular weight excluding hydrogens is 540 g/mol. The minimum Gasteiger partial charge on any atom is -0.465 e. The van der Waals surface area contributed by atoms with Crippen LogP contribution in [-0.4, -0.2) is 18.3 Å². The van der Waals surface area contributed by atoms with Crippen LogP contribution in [0.3, 0.4) is 0 Å². The Labute approximate surface area is 259 Å². The Balaban J connectivity index is 1.49. The lowest BCUT2D eigenvalue weighted by atomic mass is 9.38. The topological polar surface area (TPSA) is 43.4 Å². The second kappa shape index (κ2) is 11.2. The molecule has 4 aliphatic carbocycles. The Hall–Kier alpha value is -1.87. The van der Waals surface area contributed by atoms with Gasteiger partial charge in [0.15, 0.2) is 0 Å². The molecule has 0 saturated heterocycles. The Bertz CT molecular complexity index is 1260. The van der Waals surface area contributed by atoms with E-state index >= 15 is 0 Å². The molecular formula is C38H53ClO3. The quantitative estimate of drug-likeness (QED) is 0.198. The molecule has 0 spiro atoms. The molecule has 8 atom stereocenters. The average molecular weight is 593 g/mol. The zero-order chi connectivity index (χ0) is 30.7. The van der Waals surface area contributed by atoms with Gasteiger partial charge in [0.25, 0.3) is 0 Å². The summed E-state index contributed by atoms with van der Waals surface area (Å²) in [6, 6.07) is 7.99. The largest absolute Gasteiger partial charge is 0.465 e. The summed E-state index contributed by atoms with van der Waals surface area (Å²) in [4.78, 5) is 25.2. The van der Waals surface area contributed by atoms with Gasteiger partial charge >= 0.3 is 5.97 Å². The molecule has 4 aliphatic rings. The highest BCUT2D eigenvalue weighted by molar-refractivity contribution is 6.64. The van der Waals surface area contributed by atoms with E-state index in [4.69, 9.17) is 16.3 Å². The van der Waals surface area contributed by atoms with Crippen LogP contribution in [0.25, 0.3) is 5.57 Å². The van der Waals surface area contributed by atoms with Gasteiger partial charge in [-0.05, 0) is 145 Å². The number of allylic oxidation sites excluding steroid dienone is 3. The van der Waals surface area contributed by atoms with Crippen molar-refractivity contribution in [1.29, 1.82) is 0 Å². The number of benzene rings is 1. The van der Waals surface area contributed by atoms with Crippen LogP contribution in [0.5, 0.6) is 0 Å². The van der Waals surface area contributed by atoms with Crippen molar-refractivity contribution in [3.8, 4) is 0 Å². The Morgan fingerprint density at radius 3 is 2.17 bits per heavy atom. The van der Waals surface area contributed by atoms with Gasteiger partial charge in [0.05, 0.1) is 12.7 Å². The highest BCUT2D eigenvalue weighted by atomic mass is 35.5. The summed E-state index contributed by atoms with van der Waals surface area (Å²) in [7, 11) is 1.43. The van der Waals surface area contributed by atoms with Gasteiger partial charge in [0.2, 0.25) is 5.24 Å². The number of esters is 1. The van der Waals surface area contributed by atoms with E-state index in [0.29, 0.717) is 35.2 Å². The van der Waals surface area contributed by atoms with Crippen molar-refractivity contribution in [2.24, 2.45) is 51.2 Å². The first-order valence-corrected chi connectivity index (χ1v) is 16.8. The van der Waals surface area contributed by atoms with Crippen molar-refractivity contribution in [3.05, 3.63) is 53.6 Å². The molecule has 0 bridgehead atoms. The third-order valence-electron chi connectivity index (χ3n) is 13.5. The molecule has 3 nitrogen and oxygen atoms in total. The van der Waals surface area contributed by atoms with Gasteiger partial charge in [0, 0.05) is 5.41 Å². The molecule has 4 heteroatoms. The minimum atomic E-state index is -0.358. The molecule has 5 rings (SSSR count). The summed E-state index contributed by atoms with van der Waals surface area (Å²) in [5.41, 5.74) is 4.50. The monoisotopic (exact) mass is 592 g/mol. The first-order valence-electron chi connectivity index (χ1n) is 16.5. The maximum Gasteiger partial charge on any atom is 0.337 e. The van der Waals surface area contributed by atoms with Gasteiger partial charge in [0.1, 0.15) is 0 Å². The molecule has 0 aliphatic heterocycles. The fourth-order valence-corrected chi connectivity index (χ4v) is 11.2. The van der Waals surface area contributed by atoms with Crippen LogP contribution in [-0.2, 0) is 9.53 Å². The van der Waals surface area contributed by atoms with E-state index in [0.717, 1.165) is 38.5 Å². The van der Waals surface area contributed by atoms with Crippen molar-refractivity contribution < 1.29 is 14.3 Å². The summed E-state index contributed by atoms with van der Waals surface area (Å²) in [6.45, 7) is 19.1. The van der Waals surface area contributed by atoms with E-state index in [2.05, 4.69) is 66.3 Å². The lowest BCUT2D eigenvalue weighted by molar-refractivity contribution is -0.179. The molecule has 3 saturated carbocycles. The summed E-state index contributed by atoms with van der Waals surface area (Å²) in [5, 5.41) is -0.0797. The SMILES string of the molecule is C=C(C)C1CCC2(C(=O)Cl)CCC3(C)C(CCC4C(C)CC=C(c5ccc(C(=O)OC)cc5)C(C)(C)CCCC43C)C12. The van der Waals surface area contributed by atoms with Crippen molar-refractivity contribution in [3.63, 3.8) is 0 Å². The fourth-order valence-electron chi connectivity index (χ4n) is 10.9. The van der Waals surface area contributed by atoms with E-state index in [1.807, 2.05) is 12.1 Å². The summed E-state index contributed by atoms with van der Waals surface area (Å²) < 4.78 is 4.93. The zero-order valence-electron chi connectivity index (χ0n) is 27.2. The normalized spacial score (nSPS) is 39.6. The molecule has 42 heavy (non-hydrogen) atoms. The van der Waals surface area contributed by atoms with Gasteiger partial charge in [-0.3, -0.25) is 4.79 Å². The summed E-state index contributed by atoms with van der Waals surface area (Å²) >= 11 is 6.51. The molecule has 0 heterocycles. The van der Waals surface area contributed by atoms with Gasteiger partial charge in [-0.15, -0.1) is 0 Å². The van der Waals surface area contributed by atoms with Crippen molar-refractivity contribution in [2.75, 3.05) is 7.11 Å². The fraction of sp³-hybridized carbons (Fsp3) is 0.684. The molecule has 0 radical (unpaired) electrons. The van der Waals surface area contributed by atoms with E-state index in [-0.39, 0.29) is 32.9 Å². The minimum absolute atomic E-state index is 0.0218. The molecule has 1 aromatic carbocycles.